The van der Waals surface area contributed by atoms with E-state index in [1.807, 2.05) is 0 Å². The van der Waals surface area contributed by atoms with Crippen LogP contribution >= 0.6 is 23.2 Å². The lowest BCUT2D eigenvalue weighted by Gasteiger charge is -2.43. The first kappa shape index (κ1) is 34.3. The van der Waals surface area contributed by atoms with Gasteiger partial charge in [-0.1, -0.05) is 29.3 Å². The molecule has 2 aliphatic rings. The summed E-state index contributed by atoms with van der Waals surface area (Å²) in [6.45, 7) is 5.03. The van der Waals surface area contributed by atoms with Crippen molar-refractivity contribution in [2.24, 2.45) is 0 Å². The van der Waals surface area contributed by atoms with Crippen LogP contribution in [0.2, 0.25) is 10.0 Å². The van der Waals surface area contributed by atoms with Gasteiger partial charge in [-0.25, -0.2) is 23.1 Å². The van der Waals surface area contributed by atoms with Crippen LogP contribution in [-0.4, -0.2) is 89.4 Å². The second-order valence-corrected chi connectivity index (χ2v) is 14.3. The normalized spacial score (nSPS) is 19.9. The second-order valence-electron chi connectivity index (χ2n) is 11.7. The first-order chi connectivity index (χ1) is 20.9. The number of ketones is 1. The van der Waals surface area contributed by atoms with Gasteiger partial charge in [0.05, 0.1) is 34.5 Å². The first-order valence-corrected chi connectivity index (χ1v) is 16.7. The zero-order valence-corrected chi connectivity index (χ0v) is 27.3. The lowest BCUT2D eigenvalue weighted by molar-refractivity contribution is -0.176. The van der Waals surface area contributed by atoms with Crippen LogP contribution in [0.1, 0.15) is 63.6 Å². The molecule has 2 aromatic rings. The van der Waals surface area contributed by atoms with Crippen molar-refractivity contribution in [3.05, 3.63) is 40.3 Å². The van der Waals surface area contributed by atoms with E-state index in [0.717, 1.165) is 16.3 Å². The average molecular weight is 687 g/mol. The van der Waals surface area contributed by atoms with Gasteiger partial charge in [-0.3, -0.25) is 29.0 Å². The minimum Gasteiger partial charge on any atom is -0.460 e. The Morgan fingerprint density at radius 1 is 1.16 bits per heavy atom. The SMILES string of the molecule is CC(C)(C)OC(=O)CC(NC(=O)C1CCCN2C(=O)CCC(NS(C)(=O)=O)C(=O)N12)C(=O)c1ncc(-c2c(Cl)cccc2Cl)o1. The number of benzene rings is 1. The fraction of sp³-hybridized carbons (Fsp3) is 0.500. The number of Topliss-reactive ketones (excluding diaryl/α,β-unsaturated/α-hetero) is 1. The molecule has 4 rings (SSSR count). The monoisotopic (exact) mass is 685 g/mol. The Balaban J connectivity index is 1.64. The third kappa shape index (κ3) is 8.39. The Morgan fingerprint density at radius 2 is 1.82 bits per heavy atom. The summed E-state index contributed by atoms with van der Waals surface area (Å²) < 4.78 is 37.1. The minimum atomic E-state index is -3.84. The molecule has 3 atom stereocenters. The van der Waals surface area contributed by atoms with E-state index in [0.29, 0.717) is 6.42 Å². The van der Waals surface area contributed by atoms with Crippen LogP contribution in [0.4, 0.5) is 0 Å². The van der Waals surface area contributed by atoms with Crippen molar-refractivity contribution in [3.8, 4) is 11.3 Å². The van der Waals surface area contributed by atoms with Gasteiger partial charge in [-0.15, -0.1) is 0 Å². The van der Waals surface area contributed by atoms with Gasteiger partial charge >= 0.3 is 5.97 Å². The molecule has 244 valence electrons. The number of carbonyl (C=O) groups excluding carboxylic acids is 5. The van der Waals surface area contributed by atoms with E-state index >= 15 is 0 Å². The molecule has 0 bridgehead atoms. The van der Waals surface area contributed by atoms with Crippen molar-refractivity contribution in [1.29, 1.82) is 0 Å². The first-order valence-electron chi connectivity index (χ1n) is 14.0. The van der Waals surface area contributed by atoms with Gasteiger partial charge in [0.1, 0.15) is 23.7 Å². The fourth-order valence-corrected chi connectivity index (χ4v) is 6.37. The number of esters is 1. The fourth-order valence-electron chi connectivity index (χ4n) is 5.05. The summed E-state index contributed by atoms with van der Waals surface area (Å²) in [4.78, 5) is 70.7. The molecule has 2 aliphatic heterocycles. The predicted molar refractivity (Wildman–Crippen MR) is 161 cm³/mol. The lowest BCUT2D eigenvalue weighted by atomic mass is 10.0. The van der Waals surface area contributed by atoms with Crippen molar-refractivity contribution >= 4 is 62.7 Å². The van der Waals surface area contributed by atoms with Gasteiger partial charge in [0, 0.05) is 13.0 Å². The number of halogens is 2. The van der Waals surface area contributed by atoms with Crippen LogP contribution in [0.15, 0.2) is 28.8 Å². The van der Waals surface area contributed by atoms with E-state index in [9.17, 15) is 32.4 Å². The van der Waals surface area contributed by atoms with E-state index in [2.05, 4.69) is 15.0 Å². The molecule has 14 nitrogen and oxygen atoms in total. The summed E-state index contributed by atoms with van der Waals surface area (Å²) >= 11 is 12.5. The molecular weight excluding hydrogens is 653 g/mol. The van der Waals surface area contributed by atoms with Gasteiger partial charge < -0.3 is 14.5 Å². The maximum Gasteiger partial charge on any atom is 0.308 e. The largest absolute Gasteiger partial charge is 0.460 e. The van der Waals surface area contributed by atoms with Crippen LogP contribution in [0, 0.1) is 0 Å². The Morgan fingerprint density at radius 3 is 2.44 bits per heavy atom. The van der Waals surface area contributed by atoms with Crippen LogP contribution < -0.4 is 10.0 Å². The Hall–Kier alpha value is -3.53. The molecule has 0 saturated carbocycles. The molecule has 2 fully saturated rings. The van der Waals surface area contributed by atoms with Crippen LogP contribution in [0.3, 0.4) is 0 Å². The second kappa shape index (κ2) is 13.4. The number of amides is 3. The zero-order valence-electron chi connectivity index (χ0n) is 25.0. The number of rotatable bonds is 9. The number of carbonyl (C=O) groups is 5. The van der Waals surface area contributed by atoms with Crippen molar-refractivity contribution < 1.29 is 41.5 Å². The molecular formula is C28H33Cl2N5O9S. The quantitative estimate of drug-likeness (QED) is 0.293. The molecule has 3 unspecified atom stereocenters. The van der Waals surface area contributed by atoms with Gasteiger partial charge in [0.25, 0.3) is 11.8 Å². The summed E-state index contributed by atoms with van der Waals surface area (Å²) in [5, 5.41) is 5.05. The van der Waals surface area contributed by atoms with Gasteiger partial charge in [-0.2, -0.15) is 0 Å². The minimum absolute atomic E-state index is 0.0670. The number of hydrogen-bond acceptors (Lipinski definition) is 10. The van der Waals surface area contributed by atoms with Crippen molar-refractivity contribution in [2.75, 3.05) is 12.8 Å². The Kier molecular flexibility index (Phi) is 10.3. The van der Waals surface area contributed by atoms with Gasteiger partial charge in [0.2, 0.25) is 27.6 Å². The summed E-state index contributed by atoms with van der Waals surface area (Å²) in [5.41, 5.74) is -0.625. The molecule has 1 aromatic carbocycles. The van der Waals surface area contributed by atoms with Crippen molar-refractivity contribution in [2.45, 2.75) is 76.6 Å². The average Bonchev–Trinajstić information content (AvgIpc) is 3.37. The smallest absolute Gasteiger partial charge is 0.308 e. The molecule has 45 heavy (non-hydrogen) atoms. The van der Waals surface area contributed by atoms with E-state index in [1.165, 1.54) is 6.20 Å². The van der Waals surface area contributed by atoms with Gasteiger partial charge in [0.15, 0.2) is 5.76 Å². The van der Waals surface area contributed by atoms with Crippen LogP contribution in [0.5, 0.6) is 0 Å². The van der Waals surface area contributed by atoms with E-state index in [-0.39, 0.29) is 47.2 Å². The molecule has 0 spiro atoms. The highest BCUT2D eigenvalue weighted by Crippen LogP contribution is 2.35. The maximum atomic E-state index is 13.8. The number of sulfonamides is 1. The lowest BCUT2D eigenvalue weighted by Crippen LogP contribution is -2.64. The zero-order chi connectivity index (χ0) is 33.3. The van der Waals surface area contributed by atoms with Crippen molar-refractivity contribution in [1.82, 2.24) is 25.0 Å². The van der Waals surface area contributed by atoms with Crippen molar-refractivity contribution in [3.63, 3.8) is 0 Å². The van der Waals surface area contributed by atoms with E-state index in [1.54, 1.807) is 39.0 Å². The highest BCUT2D eigenvalue weighted by molar-refractivity contribution is 7.88. The Bertz CT molecular complexity index is 1600. The third-order valence-corrected chi connectivity index (χ3v) is 8.21. The molecule has 2 saturated heterocycles. The van der Waals surface area contributed by atoms with E-state index in [4.69, 9.17) is 32.4 Å². The summed E-state index contributed by atoms with van der Waals surface area (Å²) in [6.07, 6.45) is 1.68. The summed E-state index contributed by atoms with van der Waals surface area (Å²) in [5.74, 6) is -4.21. The standard InChI is InChI=1S/C28H33Cl2N5O9S/c1-28(2,3)44-22(37)13-18(24(38)26-31-14-20(43-26)23-15(29)7-5-8-16(23)30)32-25(39)19-9-6-12-34-21(36)11-10-17(27(40)35(19)34)33-45(4,41)42/h5,7-8,14,17-19,33H,6,9-13H2,1-4H3,(H,32,39). The molecule has 17 heteroatoms. The van der Waals surface area contributed by atoms with Gasteiger partial charge in [-0.05, 0) is 52.2 Å². The number of aromatic nitrogens is 1. The number of fused-ring (bicyclic) bond motifs is 1. The highest BCUT2D eigenvalue weighted by atomic mass is 35.5. The molecule has 3 heterocycles. The number of ether oxygens (including phenoxy) is 1. The number of hydrogen-bond donors (Lipinski definition) is 2. The molecule has 0 radical (unpaired) electrons. The maximum absolute atomic E-state index is 13.8. The number of oxazole rings is 1. The summed E-state index contributed by atoms with van der Waals surface area (Å²) in [7, 11) is -3.84. The van der Waals surface area contributed by atoms with Crippen LogP contribution in [0.25, 0.3) is 11.3 Å². The molecule has 1 aromatic heterocycles. The molecule has 0 aliphatic carbocycles. The van der Waals surface area contributed by atoms with Crippen LogP contribution in [-0.2, 0) is 33.9 Å². The van der Waals surface area contributed by atoms with E-state index < -0.39 is 75.5 Å². The number of hydrazine groups is 1. The topological polar surface area (TPSA) is 185 Å². The number of nitrogens with one attached hydrogen (secondary N) is 2. The molecule has 3 amide bonds. The molecule has 2 N–H and O–H groups in total. The predicted octanol–water partition coefficient (Wildman–Crippen LogP) is 2.49. The number of nitrogens with zero attached hydrogens (tertiary/aromatic N) is 3. The summed E-state index contributed by atoms with van der Waals surface area (Å²) in [6, 6.07) is 0.612. The Labute approximate surface area is 269 Å². The third-order valence-electron chi connectivity index (χ3n) is 6.87. The highest BCUT2D eigenvalue weighted by Gasteiger charge is 2.45.